The van der Waals surface area contributed by atoms with E-state index in [1.807, 2.05) is 18.2 Å². The van der Waals surface area contributed by atoms with Gasteiger partial charge in [0.25, 0.3) is 0 Å². The smallest absolute Gasteiger partial charge is 0.240 e. The molecule has 0 saturated carbocycles. The number of hydrogen-bond acceptors (Lipinski definition) is 5. The number of nitrogens with one attached hydrogen (secondary N) is 1. The van der Waals surface area contributed by atoms with E-state index in [1.54, 1.807) is 38.5 Å². The van der Waals surface area contributed by atoms with Crippen molar-refractivity contribution in [2.45, 2.75) is 12.8 Å². The van der Waals surface area contributed by atoms with Gasteiger partial charge in [-0.05, 0) is 48.7 Å². The fourth-order valence-corrected chi connectivity index (χ4v) is 4.01. The third-order valence-electron chi connectivity index (χ3n) is 4.20. The average molecular weight is 485 g/mol. The topological polar surface area (TPSA) is 84.9 Å². The van der Waals surface area contributed by atoms with Crippen LogP contribution >= 0.6 is 15.9 Å². The SMILES string of the molecule is COc1ccc(CCCNC(=O)CN(c2cccc(Br)c2)S(C)(=O)=O)cc1OC. The molecule has 2 aromatic rings. The van der Waals surface area contributed by atoms with E-state index in [0.29, 0.717) is 30.2 Å². The molecular weight excluding hydrogens is 460 g/mol. The zero-order valence-corrected chi connectivity index (χ0v) is 19.0. The van der Waals surface area contributed by atoms with Crippen molar-refractivity contribution in [2.75, 3.05) is 37.9 Å². The predicted molar refractivity (Wildman–Crippen MR) is 117 cm³/mol. The first-order valence-corrected chi connectivity index (χ1v) is 11.6. The molecule has 0 bridgehead atoms. The van der Waals surface area contributed by atoms with E-state index in [4.69, 9.17) is 9.47 Å². The van der Waals surface area contributed by atoms with Gasteiger partial charge in [-0.3, -0.25) is 9.10 Å². The molecule has 7 nitrogen and oxygen atoms in total. The van der Waals surface area contributed by atoms with E-state index >= 15 is 0 Å². The van der Waals surface area contributed by atoms with Crippen LogP contribution in [0.15, 0.2) is 46.9 Å². The highest BCUT2D eigenvalue weighted by molar-refractivity contribution is 9.10. The molecule has 0 heterocycles. The molecule has 1 N–H and O–H groups in total. The number of carbonyl (C=O) groups is 1. The zero-order chi connectivity index (χ0) is 21.4. The van der Waals surface area contributed by atoms with Crippen LogP contribution in [0.4, 0.5) is 5.69 Å². The van der Waals surface area contributed by atoms with Crippen molar-refractivity contribution >= 4 is 37.5 Å². The molecule has 0 aromatic heterocycles. The van der Waals surface area contributed by atoms with E-state index in [1.165, 1.54) is 0 Å². The van der Waals surface area contributed by atoms with Gasteiger partial charge in [-0.25, -0.2) is 8.42 Å². The Kier molecular flexibility index (Phi) is 8.33. The molecule has 0 unspecified atom stereocenters. The number of rotatable bonds is 10. The molecule has 29 heavy (non-hydrogen) atoms. The van der Waals surface area contributed by atoms with Gasteiger partial charge in [0, 0.05) is 11.0 Å². The Morgan fingerprint density at radius 3 is 2.45 bits per heavy atom. The number of benzene rings is 2. The maximum absolute atomic E-state index is 12.3. The van der Waals surface area contributed by atoms with Crippen LogP contribution in [0.25, 0.3) is 0 Å². The summed E-state index contributed by atoms with van der Waals surface area (Å²) in [6, 6.07) is 12.5. The van der Waals surface area contributed by atoms with Gasteiger partial charge in [0.05, 0.1) is 26.2 Å². The minimum atomic E-state index is -3.59. The number of aryl methyl sites for hydroxylation is 1. The number of sulfonamides is 1. The second-order valence-electron chi connectivity index (χ2n) is 6.39. The lowest BCUT2D eigenvalue weighted by Gasteiger charge is -2.22. The van der Waals surface area contributed by atoms with E-state index in [9.17, 15) is 13.2 Å². The molecule has 158 valence electrons. The maximum atomic E-state index is 12.3. The summed E-state index contributed by atoms with van der Waals surface area (Å²) < 4.78 is 36.6. The summed E-state index contributed by atoms with van der Waals surface area (Å²) in [7, 11) is -0.423. The van der Waals surface area contributed by atoms with Gasteiger partial charge >= 0.3 is 0 Å². The number of methoxy groups -OCH3 is 2. The Hall–Kier alpha value is -2.26. The van der Waals surface area contributed by atoms with Crippen LogP contribution in [-0.2, 0) is 21.2 Å². The number of anilines is 1. The number of carbonyl (C=O) groups excluding carboxylic acids is 1. The van der Waals surface area contributed by atoms with Crippen molar-refractivity contribution in [3.05, 3.63) is 52.5 Å². The van der Waals surface area contributed by atoms with Crippen molar-refractivity contribution < 1.29 is 22.7 Å². The fraction of sp³-hybridized carbons (Fsp3) is 0.350. The molecule has 0 spiro atoms. The highest BCUT2D eigenvalue weighted by Crippen LogP contribution is 2.28. The Morgan fingerprint density at radius 1 is 1.10 bits per heavy atom. The Labute approximate surface area is 180 Å². The zero-order valence-electron chi connectivity index (χ0n) is 16.6. The van der Waals surface area contributed by atoms with Crippen molar-refractivity contribution in [2.24, 2.45) is 0 Å². The number of hydrogen-bond donors (Lipinski definition) is 1. The molecule has 0 aliphatic rings. The number of halogens is 1. The second kappa shape index (κ2) is 10.5. The molecule has 0 saturated heterocycles. The van der Waals surface area contributed by atoms with Crippen LogP contribution in [0, 0.1) is 0 Å². The minimum Gasteiger partial charge on any atom is -0.493 e. The van der Waals surface area contributed by atoms with Gasteiger partial charge in [0.1, 0.15) is 6.54 Å². The van der Waals surface area contributed by atoms with Crippen LogP contribution in [0.3, 0.4) is 0 Å². The van der Waals surface area contributed by atoms with Crippen molar-refractivity contribution in [3.8, 4) is 11.5 Å². The van der Waals surface area contributed by atoms with Gasteiger partial charge in [-0.2, -0.15) is 0 Å². The number of amides is 1. The molecule has 2 aromatic carbocycles. The van der Waals surface area contributed by atoms with E-state index in [-0.39, 0.29) is 12.5 Å². The molecule has 9 heteroatoms. The molecule has 2 rings (SSSR count). The van der Waals surface area contributed by atoms with Gasteiger partial charge < -0.3 is 14.8 Å². The largest absolute Gasteiger partial charge is 0.493 e. The summed E-state index contributed by atoms with van der Waals surface area (Å²) in [5, 5.41) is 2.78. The summed E-state index contributed by atoms with van der Waals surface area (Å²) in [6.07, 6.45) is 2.53. The quantitative estimate of drug-likeness (QED) is 0.524. The molecule has 0 radical (unpaired) electrons. The second-order valence-corrected chi connectivity index (χ2v) is 9.21. The normalized spacial score (nSPS) is 11.0. The average Bonchev–Trinajstić information content (AvgIpc) is 2.68. The lowest BCUT2D eigenvalue weighted by atomic mass is 10.1. The Bertz CT molecular complexity index is 950. The molecular formula is C20H25BrN2O5S. The molecule has 0 fully saturated rings. The Morgan fingerprint density at radius 2 is 1.83 bits per heavy atom. The Balaban J connectivity index is 1.90. The fourth-order valence-electron chi connectivity index (χ4n) is 2.77. The first-order chi connectivity index (χ1) is 13.7. The third kappa shape index (κ3) is 6.93. The van der Waals surface area contributed by atoms with Crippen LogP contribution in [0.1, 0.15) is 12.0 Å². The van der Waals surface area contributed by atoms with Crippen LogP contribution in [-0.4, -0.2) is 47.9 Å². The summed E-state index contributed by atoms with van der Waals surface area (Å²) >= 11 is 3.32. The van der Waals surface area contributed by atoms with Crippen molar-refractivity contribution in [1.29, 1.82) is 0 Å². The molecule has 1 amide bonds. The first kappa shape index (κ1) is 23.0. The number of nitrogens with zero attached hydrogens (tertiary/aromatic N) is 1. The molecule has 0 aliphatic carbocycles. The van der Waals surface area contributed by atoms with Crippen LogP contribution < -0.4 is 19.1 Å². The van der Waals surface area contributed by atoms with Gasteiger partial charge in [-0.15, -0.1) is 0 Å². The van der Waals surface area contributed by atoms with E-state index < -0.39 is 10.0 Å². The summed E-state index contributed by atoms with van der Waals surface area (Å²) in [5.74, 6) is 0.965. The van der Waals surface area contributed by atoms with Gasteiger partial charge in [0.2, 0.25) is 15.9 Å². The first-order valence-electron chi connectivity index (χ1n) is 8.95. The maximum Gasteiger partial charge on any atom is 0.240 e. The predicted octanol–water partition coefficient (Wildman–Crippen LogP) is 2.98. The van der Waals surface area contributed by atoms with Gasteiger partial charge in [0.15, 0.2) is 11.5 Å². The minimum absolute atomic E-state index is 0.272. The summed E-state index contributed by atoms with van der Waals surface area (Å²) in [6.45, 7) is 0.162. The molecule has 0 atom stereocenters. The highest BCUT2D eigenvalue weighted by Gasteiger charge is 2.20. The lowest BCUT2D eigenvalue weighted by Crippen LogP contribution is -2.40. The van der Waals surface area contributed by atoms with Crippen LogP contribution in [0.2, 0.25) is 0 Å². The van der Waals surface area contributed by atoms with Gasteiger partial charge in [-0.1, -0.05) is 28.1 Å². The number of ether oxygens (including phenoxy) is 2. The van der Waals surface area contributed by atoms with E-state index in [0.717, 1.165) is 27.0 Å². The molecule has 0 aliphatic heterocycles. The monoisotopic (exact) mass is 484 g/mol. The van der Waals surface area contributed by atoms with E-state index in [2.05, 4.69) is 21.2 Å². The lowest BCUT2D eigenvalue weighted by molar-refractivity contribution is -0.119. The van der Waals surface area contributed by atoms with Crippen molar-refractivity contribution in [3.63, 3.8) is 0 Å². The highest BCUT2D eigenvalue weighted by atomic mass is 79.9. The third-order valence-corrected chi connectivity index (χ3v) is 5.83. The van der Waals surface area contributed by atoms with Crippen molar-refractivity contribution in [1.82, 2.24) is 5.32 Å². The standard InChI is InChI=1S/C20H25BrN2O5S/c1-27-18-10-9-15(12-19(18)28-2)6-5-11-22-20(24)14-23(29(3,25)26)17-8-4-7-16(21)13-17/h4,7-10,12-13H,5-6,11,14H2,1-3H3,(H,22,24). The summed E-state index contributed by atoms with van der Waals surface area (Å²) in [5.41, 5.74) is 1.49. The van der Waals surface area contributed by atoms with Crippen LogP contribution in [0.5, 0.6) is 11.5 Å². The summed E-state index contributed by atoms with van der Waals surface area (Å²) in [4.78, 5) is 12.3.